The number of furan rings is 1. The van der Waals surface area contributed by atoms with Crippen molar-refractivity contribution in [1.82, 2.24) is 4.57 Å². The largest absolute Gasteiger partial charge is 0.494 e. The van der Waals surface area contributed by atoms with Crippen LogP contribution >= 0.6 is 0 Å². The molecule has 0 spiro atoms. The Morgan fingerprint density at radius 1 is 0.971 bits per heavy atom. The Hall–Kier alpha value is -4.32. The van der Waals surface area contributed by atoms with Gasteiger partial charge in [-0.05, 0) is 55.8 Å². The van der Waals surface area contributed by atoms with Crippen LogP contribution in [-0.4, -0.2) is 24.3 Å². The first-order valence-corrected chi connectivity index (χ1v) is 11.0. The Morgan fingerprint density at radius 2 is 1.68 bits per heavy atom. The third kappa shape index (κ3) is 3.44. The number of esters is 1. The number of aromatic nitrogens is 1. The third-order valence-electron chi connectivity index (χ3n) is 5.82. The Labute approximate surface area is 196 Å². The number of benzene rings is 3. The predicted octanol–water partition coefficient (Wildman–Crippen LogP) is 5.90. The molecule has 0 unspecified atom stereocenters. The molecule has 0 atom stereocenters. The second kappa shape index (κ2) is 8.56. The number of hydrogen-bond donors (Lipinski definition) is 0. The molecule has 2 heterocycles. The predicted molar refractivity (Wildman–Crippen MR) is 132 cm³/mol. The minimum atomic E-state index is -0.725. The smallest absolute Gasteiger partial charge is 0.344 e. The second-order valence-corrected chi connectivity index (χ2v) is 7.95. The lowest BCUT2D eigenvalue weighted by Gasteiger charge is -2.15. The first kappa shape index (κ1) is 21.5. The van der Waals surface area contributed by atoms with Crippen LogP contribution in [0.15, 0.2) is 82.0 Å². The molecule has 3 aromatic carbocycles. The van der Waals surface area contributed by atoms with E-state index in [0.29, 0.717) is 45.9 Å². The van der Waals surface area contributed by atoms with Gasteiger partial charge in [-0.15, -0.1) is 0 Å². The zero-order chi connectivity index (χ0) is 23.8. The summed E-state index contributed by atoms with van der Waals surface area (Å²) in [7, 11) is 1.27. The Balaban J connectivity index is 1.95. The minimum Gasteiger partial charge on any atom is -0.494 e. The van der Waals surface area contributed by atoms with Crippen molar-refractivity contribution in [3.05, 3.63) is 94.3 Å². The van der Waals surface area contributed by atoms with Crippen molar-refractivity contribution in [2.75, 3.05) is 13.7 Å². The summed E-state index contributed by atoms with van der Waals surface area (Å²) in [4.78, 5) is 27.0. The fraction of sp³-hybridized carbons (Fsp3) is 0.143. The number of para-hydroxylation sites is 1. The van der Waals surface area contributed by atoms with Crippen LogP contribution in [0.3, 0.4) is 0 Å². The minimum absolute atomic E-state index is 0.0845. The normalized spacial score (nSPS) is 11.1. The number of pyridine rings is 1. The van der Waals surface area contributed by atoms with E-state index in [1.807, 2.05) is 74.5 Å². The van der Waals surface area contributed by atoms with Crippen molar-refractivity contribution in [2.45, 2.75) is 13.8 Å². The molecule has 0 saturated carbocycles. The fourth-order valence-corrected chi connectivity index (χ4v) is 4.25. The molecule has 0 aliphatic carbocycles. The van der Waals surface area contributed by atoms with Crippen LogP contribution in [0, 0.1) is 6.92 Å². The van der Waals surface area contributed by atoms with Gasteiger partial charge in [0.2, 0.25) is 0 Å². The topological polar surface area (TPSA) is 70.7 Å². The Morgan fingerprint density at radius 3 is 2.35 bits per heavy atom. The monoisotopic (exact) mass is 453 g/mol. The molecule has 5 rings (SSSR count). The second-order valence-electron chi connectivity index (χ2n) is 7.95. The maximum Gasteiger partial charge on any atom is 0.344 e. The van der Waals surface area contributed by atoms with Crippen molar-refractivity contribution in [3.63, 3.8) is 0 Å². The summed E-state index contributed by atoms with van der Waals surface area (Å²) in [5.41, 5.74) is 3.84. The summed E-state index contributed by atoms with van der Waals surface area (Å²) in [5, 5.41) is 0.777. The lowest BCUT2D eigenvalue weighted by molar-refractivity contribution is 0.0599. The van der Waals surface area contributed by atoms with Crippen LogP contribution < -0.4 is 10.3 Å². The van der Waals surface area contributed by atoms with E-state index in [4.69, 9.17) is 13.9 Å². The highest BCUT2D eigenvalue weighted by atomic mass is 16.5. The summed E-state index contributed by atoms with van der Waals surface area (Å²) < 4.78 is 18.4. The highest BCUT2D eigenvalue weighted by molar-refractivity contribution is 6.13. The number of carbonyl (C=O) groups excluding carboxylic acids is 1. The molecule has 6 nitrogen and oxygen atoms in total. The Kier molecular flexibility index (Phi) is 5.42. The summed E-state index contributed by atoms with van der Waals surface area (Å²) in [5.74, 6) is -0.0307. The van der Waals surface area contributed by atoms with Crippen LogP contribution in [0.2, 0.25) is 0 Å². The van der Waals surface area contributed by atoms with Crippen molar-refractivity contribution in [2.24, 2.45) is 0 Å². The highest BCUT2D eigenvalue weighted by Gasteiger charge is 2.28. The van der Waals surface area contributed by atoms with E-state index in [2.05, 4.69) is 0 Å². The van der Waals surface area contributed by atoms with E-state index >= 15 is 0 Å². The quantitative estimate of drug-likeness (QED) is 0.310. The lowest BCUT2D eigenvalue weighted by atomic mass is 9.98. The van der Waals surface area contributed by atoms with E-state index in [1.54, 1.807) is 12.1 Å². The van der Waals surface area contributed by atoms with Gasteiger partial charge in [-0.3, -0.25) is 9.36 Å². The van der Waals surface area contributed by atoms with Gasteiger partial charge >= 0.3 is 5.97 Å². The van der Waals surface area contributed by atoms with Crippen LogP contribution in [-0.2, 0) is 4.74 Å². The van der Waals surface area contributed by atoms with Crippen LogP contribution in [0.5, 0.6) is 5.75 Å². The van der Waals surface area contributed by atoms with Crippen LogP contribution in [0.4, 0.5) is 0 Å². The summed E-state index contributed by atoms with van der Waals surface area (Å²) >= 11 is 0. The molecular weight excluding hydrogens is 430 g/mol. The van der Waals surface area contributed by atoms with Gasteiger partial charge in [0, 0.05) is 16.6 Å². The van der Waals surface area contributed by atoms with Gasteiger partial charge < -0.3 is 13.9 Å². The SMILES string of the molecule is CCOc1ccc(-c2c(C(=O)OC)c(=O)n(-c3ccc(C)cc3)c3c2oc2ccccc23)cc1. The molecule has 0 N–H and O–H groups in total. The number of hydrogen-bond acceptors (Lipinski definition) is 5. The molecule has 0 bridgehead atoms. The molecule has 34 heavy (non-hydrogen) atoms. The maximum atomic E-state index is 14.0. The number of ether oxygens (including phenoxy) is 2. The number of aryl methyl sites for hydroxylation is 1. The lowest BCUT2D eigenvalue weighted by Crippen LogP contribution is -2.27. The van der Waals surface area contributed by atoms with Crippen LogP contribution in [0.25, 0.3) is 38.9 Å². The molecule has 2 aromatic heterocycles. The fourth-order valence-electron chi connectivity index (χ4n) is 4.25. The van der Waals surface area contributed by atoms with E-state index < -0.39 is 11.5 Å². The molecule has 0 radical (unpaired) electrons. The molecule has 170 valence electrons. The summed E-state index contributed by atoms with van der Waals surface area (Å²) in [6.45, 7) is 4.42. The third-order valence-corrected chi connectivity index (χ3v) is 5.82. The van der Waals surface area contributed by atoms with E-state index in [0.717, 1.165) is 10.9 Å². The average molecular weight is 453 g/mol. The average Bonchev–Trinajstić information content (AvgIpc) is 3.23. The van der Waals surface area contributed by atoms with E-state index in [1.165, 1.54) is 11.7 Å². The maximum absolute atomic E-state index is 14.0. The number of rotatable bonds is 5. The molecule has 0 aliphatic rings. The number of carbonyl (C=O) groups is 1. The first-order chi connectivity index (χ1) is 16.5. The molecule has 0 fully saturated rings. The van der Waals surface area contributed by atoms with Gasteiger partial charge in [-0.1, -0.05) is 42.0 Å². The zero-order valence-corrected chi connectivity index (χ0v) is 19.1. The molecule has 6 heteroatoms. The molecule has 5 aromatic rings. The first-order valence-electron chi connectivity index (χ1n) is 11.0. The van der Waals surface area contributed by atoms with Gasteiger partial charge in [0.05, 0.1) is 13.7 Å². The van der Waals surface area contributed by atoms with Crippen molar-refractivity contribution < 1.29 is 18.7 Å². The zero-order valence-electron chi connectivity index (χ0n) is 19.1. The van der Waals surface area contributed by atoms with Crippen molar-refractivity contribution in [3.8, 4) is 22.6 Å². The van der Waals surface area contributed by atoms with Gasteiger partial charge in [-0.25, -0.2) is 4.79 Å². The molecular formula is C28H23NO5. The van der Waals surface area contributed by atoms with E-state index in [9.17, 15) is 9.59 Å². The Bertz CT molecular complexity index is 1570. The van der Waals surface area contributed by atoms with Crippen molar-refractivity contribution in [1.29, 1.82) is 0 Å². The number of fused-ring (bicyclic) bond motifs is 3. The molecule has 0 saturated heterocycles. The van der Waals surface area contributed by atoms with E-state index in [-0.39, 0.29) is 5.56 Å². The summed E-state index contributed by atoms with van der Waals surface area (Å²) in [6, 6.07) is 22.3. The molecule has 0 amide bonds. The van der Waals surface area contributed by atoms with Crippen molar-refractivity contribution >= 4 is 28.0 Å². The number of nitrogens with zero attached hydrogens (tertiary/aromatic N) is 1. The van der Waals surface area contributed by atoms with Crippen LogP contribution in [0.1, 0.15) is 22.8 Å². The van der Waals surface area contributed by atoms with Gasteiger partial charge in [0.25, 0.3) is 5.56 Å². The van der Waals surface area contributed by atoms with Gasteiger partial charge in [-0.2, -0.15) is 0 Å². The standard InChI is InChI=1S/C28H23NO5/c1-4-33-20-15-11-18(12-16-20)23-24(28(31)32-3)27(30)29(19-13-9-17(2)10-14-19)25-21-7-5-6-8-22(21)34-26(23)25/h5-16H,4H2,1-3H3. The van der Waals surface area contributed by atoms with Gasteiger partial charge in [0.15, 0.2) is 5.58 Å². The highest BCUT2D eigenvalue weighted by Crippen LogP contribution is 2.38. The summed E-state index contributed by atoms with van der Waals surface area (Å²) in [6.07, 6.45) is 0. The number of methoxy groups -OCH3 is 1. The van der Waals surface area contributed by atoms with Gasteiger partial charge in [0.1, 0.15) is 22.4 Å². The molecule has 0 aliphatic heterocycles.